The third-order valence-electron chi connectivity index (χ3n) is 2.02. The van der Waals surface area contributed by atoms with E-state index in [1.807, 2.05) is 17.8 Å². The summed E-state index contributed by atoms with van der Waals surface area (Å²) in [4.78, 5) is 14.8. The van der Waals surface area contributed by atoms with Crippen LogP contribution in [-0.4, -0.2) is 20.6 Å². The number of aryl methyl sites for hydroxylation is 1. The Morgan fingerprint density at radius 2 is 2.50 bits per heavy atom. The second kappa shape index (κ2) is 4.44. The highest BCUT2D eigenvalue weighted by molar-refractivity contribution is 7.98. The first kappa shape index (κ1) is 10.8. The van der Waals surface area contributed by atoms with Crippen molar-refractivity contribution >= 4 is 17.7 Å². The van der Waals surface area contributed by atoms with Crippen molar-refractivity contribution in [3.63, 3.8) is 0 Å². The SMILES string of the molecule is Cn1ccnc1SCc1cc(C(=O)O)co1. The lowest BCUT2D eigenvalue weighted by Gasteiger charge is -1.98. The number of furan rings is 1. The van der Waals surface area contributed by atoms with Crippen molar-refractivity contribution < 1.29 is 14.3 Å². The molecule has 0 atom stereocenters. The van der Waals surface area contributed by atoms with Gasteiger partial charge in [0.05, 0.1) is 11.3 Å². The Morgan fingerprint density at radius 3 is 3.06 bits per heavy atom. The summed E-state index contributed by atoms with van der Waals surface area (Å²) in [5.74, 6) is 0.223. The summed E-state index contributed by atoms with van der Waals surface area (Å²) < 4.78 is 7.02. The molecule has 16 heavy (non-hydrogen) atoms. The van der Waals surface area contributed by atoms with Gasteiger partial charge in [0.25, 0.3) is 0 Å². The van der Waals surface area contributed by atoms with Crippen LogP contribution in [0.5, 0.6) is 0 Å². The molecule has 0 saturated heterocycles. The number of nitrogens with zero attached hydrogens (tertiary/aromatic N) is 2. The van der Waals surface area contributed by atoms with Crippen LogP contribution in [0.3, 0.4) is 0 Å². The highest BCUT2D eigenvalue weighted by atomic mass is 32.2. The summed E-state index contributed by atoms with van der Waals surface area (Å²) in [5.41, 5.74) is 0.176. The van der Waals surface area contributed by atoms with E-state index >= 15 is 0 Å². The molecule has 0 saturated carbocycles. The predicted molar refractivity (Wildman–Crippen MR) is 58.4 cm³/mol. The first-order chi connectivity index (χ1) is 7.66. The minimum absolute atomic E-state index is 0.176. The Labute approximate surface area is 96.1 Å². The van der Waals surface area contributed by atoms with Crippen LogP contribution in [0.4, 0.5) is 0 Å². The van der Waals surface area contributed by atoms with Gasteiger partial charge in [0.2, 0.25) is 0 Å². The fourth-order valence-electron chi connectivity index (χ4n) is 1.20. The quantitative estimate of drug-likeness (QED) is 0.825. The second-order valence-electron chi connectivity index (χ2n) is 3.22. The van der Waals surface area contributed by atoms with Crippen molar-refractivity contribution in [1.29, 1.82) is 0 Å². The minimum Gasteiger partial charge on any atom is -0.478 e. The number of rotatable bonds is 4. The third kappa shape index (κ3) is 2.27. The van der Waals surface area contributed by atoms with Crippen molar-refractivity contribution in [1.82, 2.24) is 9.55 Å². The third-order valence-corrected chi connectivity index (χ3v) is 3.10. The van der Waals surface area contributed by atoms with E-state index < -0.39 is 5.97 Å². The number of thioether (sulfide) groups is 1. The molecule has 0 aliphatic heterocycles. The molecule has 0 fully saturated rings. The molecule has 0 bridgehead atoms. The van der Waals surface area contributed by atoms with E-state index in [4.69, 9.17) is 9.52 Å². The zero-order chi connectivity index (χ0) is 11.5. The molecule has 0 unspecified atom stereocenters. The highest BCUT2D eigenvalue weighted by Crippen LogP contribution is 2.21. The maximum absolute atomic E-state index is 10.6. The van der Waals surface area contributed by atoms with Crippen molar-refractivity contribution in [2.45, 2.75) is 10.9 Å². The van der Waals surface area contributed by atoms with Crippen LogP contribution in [0.15, 0.2) is 34.3 Å². The average Bonchev–Trinajstić information content (AvgIpc) is 2.83. The molecule has 2 aromatic heterocycles. The minimum atomic E-state index is -0.975. The van der Waals surface area contributed by atoms with Gasteiger partial charge >= 0.3 is 5.97 Å². The van der Waals surface area contributed by atoms with E-state index in [9.17, 15) is 4.79 Å². The van der Waals surface area contributed by atoms with Crippen molar-refractivity contribution in [3.8, 4) is 0 Å². The summed E-state index contributed by atoms with van der Waals surface area (Å²) in [7, 11) is 1.90. The summed E-state index contributed by atoms with van der Waals surface area (Å²) >= 11 is 1.50. The summed E-state index contributed by atoms with van der Waals surface area (Å²) in [6.45, 7) is 0. The van der Waals surface area contributed by atoms with Crippen LogP contribution in [0, 0.1) is 0 Å². The van der Waals surface area contributed by atoms with Gasteiger partial charge in [-0.05, 0) is 6.07 Å². The van der Waals surface area contributed by atoms with Crippen molar-refractivity contribution in [3.05, 3.63) is 36.0 Å². The lowest BCUT2D eigenvalue weighted by Crippen LogP contribution is -1.92. The van der Waals surface area contributed by atoms with Gasteiger partial charge in [0.15, 0.2) is 5.16 Å². The average molecular weight is 238 g/mol. The Bertz CT molecular complexity index is 504. The van der Waals surface area contributed by atoms with Gasteiger partial charge in [-0.25, -0.2) is 9.78 Å². The topological polar surface area (TPSA) is 68.3 Å². The molecule has 0 aliphatic carbocycles. The monoisotopic (exact) mass is 238 g/mol. The van der Waals surface area contributed by atoms with Crippen LogP contribution in [0.2, 0.25) is 0 Å². The van der Waals surface area contributed by atoms with Gasteiger partial charge in [-0.1, -0.05) is 11.8 Å². The summed E-state index contributed by atoms with van der Waals surface area (Å²) in [5, 5.41) is 9.58. The molecule has 2 aromatic rings. The number of hydrogen-bond acceptors (Lipinski definition) is 4. The molecule has 84 valence electrons. The van der Waals surface area contributed by atoms with E-state index in [2.05, 4.69) is 4.98 Å². The molecule has 0 aliphatic rings. The maximum Gasteiger partial charge on any atom is 0.338 e. The van der Waals surface area contributed by atoms with Crippen LogP contribution in [0.25, 0.3) is 0 Å². The number of imidazole rings is 1. The number of aromatic nitrogens is 2. The van der Waals surface area contributed by atoms with Crippen molar-refractivity contribution in [2.24, 2.45) is 7.05 Å². The first-order valence-electron chi connectivity index (χ1n) is 4.57. The molecule has 2 heterocycles. The molecule has 5 nitrogen and oxygen atoms in total. The Balaban J connectivity index is 2.00. The number of aromatic carboxylic acids is 1. The molecule has 2 rings (SSSR count). The molecule has 0 amide bonds. The Morgan fingerprint density at radius 1 is 1.69 bits per heavy atom. The predicted octanol–water partition coefficient (Wildman–Crippen LogP) is 2.00. The van der Waals surface area contributed by atoms with Gasteiger partial charge in [-0.3, -0.25) is 0 Å². The number of hydrogen-bond donors (Lipinski definition) is 1. The Kier molecular flexibility index (Phi) is 3.00. The van der Waals surface area contributed by atoms with Crippen LogP contribution < -0.4 is 0 Å². The lowest BCUT2D eigenvalue weighted by atomic mass is 10.3. The fraction of sp³-hybridized carbons (Fsp3) is 0.200. The van der Waals surface area contributed by atoms with Crippen molar-refractivity contribution in [2.75, 3.05) is 0 Å². The molecule has 6 heteroatoms. The highest BCUT2D eigenvalue weighted by Gasteiger charge is 2.09. The van der Waals surface area contributed by atoms with Crippen LogP contribution in [-0.2, 0) is 12.8 Å². The normalized spacial score (nSPS) is 10.6. The number of carboxylic acids is 1. The van der Waals surface area contributed by atoms with Gasteiger partial charge in [0, 0.05) is 19.4 Å². The van der Waals surface area contributed by atoms with Gasteiger partial charge in [0.1, 0.15) is 12.0 Å². The second-order valence-corrected chi connectivity index (χ2v) is 4.16. The fourth-order valence-corrected chi connectivity index (χ4v) is 2.02. The lowest BCUT2D eigenvalue weighted by molar-refractivity contribution is 0.0696. The summed E-state index contributed by atoms with van der Waals surface area (Å²) in [6.07, 6.45) is 4.82. The van der Waals surface area contributed by atoms with Crippen LogP contribution in [0.1, 0.15) is 16.1 Å². The number of carbonyl (C=O) groups is 1. The van der Waals surface area contributed by atoms with E-state index in [0.717, 1.165) is 5.16 Å². The molecule has 0 spiro atoms. The smallest absolute Gasteiger partial charge is 0.338 e. The van der Waals surface area contributed by atoms with E-state index in [1.54, 1.807) is 6.20 Å². The molecule has 0 aromatic carbocycles. The number of carboxylic acid groups (broad SMARTS) is 1. The molecule has 0 radical (unpaired) electrons. The van der Waals surface area contributed by atoms with Gasteiger partial charge in [-0.15, -0.1) is 0 Å². The van der Waals surface area contributed by atoms with Gasteiger partial charge < -0.3 is 14.1 Å². The van der Waals surface area contributed by atoms with Crippen LogP contribution >= 0.6 is 11.8 Å². The van der Waals surface area contributed by atoms with E-state index in [0.29, 0.717) is 11.5 Å². The first-order valence-corrected chi connectivity index (χ1v) is 5.56. The molecular weight excluding hydrogens is 228 g/mol. The Hall–Kier alpha value is -1.69. The molecular formula is C10H10N2O3S. The standard InChI is InChI=1S/C10H10N2O3S/c1-12-3-2-11-10(12)16-6-8-4-7(5-15-8)9(13)14/h2-5H,6H2,1H3,(H,13,14). The largest absolute Gasteiger partial charge is 0.478 e. The van der Waals surface area contributed by atoms with E-state index in [-0.39, 0.29) is 5.56 Å². The van der Waals surface area contributed by atoms with Gasteiger partial charge in [-0.2, -0.15) is 0 Å². The summed E-state index contributed by atoms with van der Waals surface area (Å²) in [6, 6.07) is 1.53. The zero-order valence-electron chi connectivity index (χ0n) is 8.58. The molecule has 1 N–H and O–H groups in total. The van der Waals surface area contributed by atoms with E-state index in [1.165, 1.54) is 24.1 Å². The maximum atomic E-state index is 10.6. The zero-order valence-corrected chi connectivity index (χ0v) is 9.40.